The molecule has 45 heavy (non-hydrogen) atoms. The number of rotatable bonds is 14. The summed E-state index contributed by atoms with van der Waals surface area (Å²) >= 11 is 0. The molecule has 0 saturated carbocycles. The molecule has 240 valence electrons. The van der Waals surface area contributed by atoms with Crippen molar-refractivity contribution in [3.05, 3.63) is 60.3 Å². The number of amides is 1. The molecule has 2 aromatic carbocycles. The van der Waals surface area contributed by atoms with Gasteiger partial charge in [-0.3, -0.25) is 14.4 Å². The molecule has 0 aliphatic carbocycles. The van der Waals surface area contributed by atoms with Crippen LogP contribution in [0.1, 0.15) is 25.0 Å². The Kier molecular flexibility index (Phi) is 10.6. The van der Waals surface area contributed by atoms with Gasteiger partial charge in [0.15, 0.2) is 17.3 Å². The average Bonchev–Trinajstić information content (AvgIpc) is 3.44. The van der Waals surface area contributed by atoms with Gasteiger partial charge in [-0.15, -0.1) is 0 Å². The highest BCUT2D eigenvalue weighted by atomic mass is 31.2. The van der Waals surface area contributed by atoms with Gasteiger partial charge in [0, 0.05) is 35.4 Å². The number of hydrogen-bond donors (Lipinski definition) is 5. The van der Waals surface area contributed by atoms with E-state index < -0.39 is 13.6 Å². The smallest absolute Gasteiger partial charge is 0.469 e. The van der Waals surface area contributed by atoms with Gasteiger partial charge in [-0.2, -0.15) is 5.10 Å². The Labute approximate surface area is 258 Å². The number of aromatic amines is 1. The van der Waals surface area contributed by atoms with Crippen LogP contribution in [-0.2, 0) is 20.3 Å². The molecule has 2 aromatic heterocycles. The first-order chi connectivity index (χ1) is 21.6. The number of phosphoric ester groups is 1. The van der Waals surface area contributed by atoms with Crippen molar-refractivity contribution < 1.29 is 37.5 Å². The maximum absolute atomic E-state index is 13.4. The molecule has 4 aromatic rings. The minimum absolute atomic E-state index is 0.0108. The van der Waals surface area contributed by atoms with Crippen LogP contribution in [-0.4, -0.2) is 80.7 Å². The SMILES string of the molecule is COc1cc2c(Nc3cc(CC(=O)Nc4cccc(F)c4)[nH]n3)ncnc2cc1OCCCN1CCC(COP(=O)(O)O)CC1. The molecule has 1 amide bonds. The second kappa shape index (κ2) is 14.8. The first-order valence-corrected chi connectivity index (χ1v) is 15.9. The van der Waals surface area contributed by atoms with E-state index in [2.05, 4.69) is 40.2 Å². The van der Waals surface area contributed by atoms with E-state index in [1.165, 1.54) is 24.5 Å². The Morgan fingerprint density at radius 1 is 1.16 bits per heavy atom. The monoisotopic (exact) mass is 643 g/mol. The minimum Gasteiger partial charge on any atom is -0.493 e. The number of nitrogens with one attached hydrogen (secondary N) is 3. The quantitative estimate of drug-likeness (QED) is 0.0984. The van der Waals surface area contributed by atoms with E-state index in [9.17, 15) is 13.8 Å². The number of aromatic nitrogens is 4. The molecule has 1 aliphatic heterocycles. The third-order valence-corrected chi connectivity index (χ3v) is 7.80. The lowest BCUT2D eigenvalue weighted by atomic mass is 9.98. The van der Waals surface area contributed by atoms with Crippen LogP contribution in [0.4, 0.5) is 21.7 Å². The largest absolute Gasteiger partial charge is 0.493 e. The number of carbonyl (C=O) groups excluding carboxylic acids is 1. The fourth-order valence-corrected chi connectivity index (χ4v) is 5.47. The van der Waals surface area contributed by atoms with Gasteiger partial charge in [-0.1, -0.05) is 6.07 Å². The van der Waals surface area contributed by atoms with Crippen LogP contribution in [0, 0.1) is 11.7 Å². The number of likely N-dealkylation sites (tertiary alicyclic amines) is 1. The highest BCUT2D eigenvalue weighted by Gasteiger charge is 2.23. The van der Waals surface area contributed by atoms with Crippen molar-refractivity contribution in [3.63, 3.8) is 0 Å². The minimum atomic E-state index is -4.43. The van der Waals surface area contributed by atoms with Crippen molar-refractivity contribution in [1.82, 2.24) is 25.1 Å². The Balaban J connectivity index is 1.13. The predicted molar refractivity (Wildman–Crippen MR) is 164 cm³/mol. The van der Waals surface area contributed by atoms with Gasteiger partial charge >= 0.3 is 7.82 Å². The molecule has 14 nitrogen and oxygen atoms in total. The van der Waals surface area contributed by atoms with E-state index >= 15 is 0 Å². The van der Waals surface area contributed by atoms with E-state index in [0.29, 0.717) is 52.0 Å². The molecule has 3 heterocycles. The molecule has 0 bridgehead atoms. The maximum atomic E-state index is 13.4. The van der Waals surface area contributed by atoms with Gasteiger partial charge in [0.25, 0.3) is 0 Å². The summed E-state index contributed by atoms with van der Waals surface area (Å²) in [6.07, 6.45) is 3.86. The third-order valence-electron chi connectivity index (χ3n) is 7.32. The molecular weight excluding hydrogens is 608 g/mol. The molecule has 5 rings (SSSR count). The van der Waals surface area contributed by atoms with Crippen molar-refractivity contribution in [2.75, 3.05) is 50.6 Å². The molecule has 0 atom stereocenters. The number of piperidine rings is 1. The summed E-state index contributed by atoms with van der Waals surface area (Å²) in [7, 11) is -2.87. The summed E-state index contributed by atoms with van der Waals surface area (Å²) in [6.45, 7) is 3.03. The fourth-order valence-electron chi connectivity index (χ4n) is 5.07. The first kappa shape index (κ1) is 32.3. The van der Waals surface area contributed by atoms with Crippen LogP contribution in [0.5, 0.6) is 11.5 Å². The number of carbonyl (C=O) groups is 1. The van der Waals surface area contributed by atoms with Crippen LogP contribution >= 0.6 is 7.82 Å². The van der Waals surface area contributed by atoms with E-state index in [0.717, 1.165) is 38.9 Å². The van der Waals surface area contributed by atoms with Crippen LogP contribution in [0.2, 0.25) is 0 Å². The lowest BCUT2D eigenvalue weighted by Crippen LogP contribution is -2.36. The molecule has 1 fully saturated rings. The highest BCUT2D eigenvalue weighted by molar-refractivity contribution is 7.46. The van der Waals surface area contributed by atoms with Crippen molar-refractivity contribution in [2.24, 2.45) is 5.92 Å². The number of halogens is 1. The summed E-state index contributed by atoms with van der Waals surface area (Å²) in [5, 5.41) is 13.5. The highest BCUT2D eigenvalue weighted by Crippen LogP contribution is 2.37. The summed E-state index contributed by atoms with van der Waals surface area (Å²) in [5.41, 5.74) is 1.55. The number of nitrogens with zero attached hydrogens (tertiary/aromatic N) is 4. The van der Waals surface area contributed by atoms with Gasteiger partial charge < -0.3 is 34.8 Å². The summed E-state index contributed by atoms with van der Waals surface area (Å²) in [6, 6.07) is 10.9. The van der Waals surface area contributed by atoms with Gasteiger partial charge in [-0.05, 0) is 62.5 Å². The van der Waals surface area contributed by atoms with Crippen LogP contribution < -0.4 is 20.1 Å². The molecule has 1 aliphatic rings. The summed E-state index contributed by atoms with van der Waals surface area (Å²) < 4.78 is 40.6. The average molecular weight is 644 g/mol. The number of fused-ring (bicyclic) bond motifs is 1. The van der Waals surface area contributed by atoms with Gasteiger partial charge in [-0.25, -0.2) is 18.9 Å². The Bertz CT molecular complexity index is 1660. The number of H-pyrrole nitrogens is 1. The van der Waals surface area contributed by atoms with Crippen molar-refractivity contribution in [1.29, 1.82) is 0 Å². The van der Waals surface area contributed by atoms with Gasteiger partial charge in [0.05, 0.1) is 32.3 Å². The number of benzene rings is 2. The van der Waals surface area contributed by atoms with Crippen LogP contribution in [0.25, 0.3) is 10.9 Å². The van der Waals surface area contributed by atoms with E-state index in [1.807, 2.05) is 0 Å². The van der Waals surface area contributed by atoms with E-state index in [-0.39, 0.29) is 24.9 Å². The molecule has 16 heteroatoms. The van der Waals surface area contributed by atoms with Crippen molar-refractivity contribution in [2.45, 2.75) is 25.7 Å². The van der Waals surface area contributed by atoms with Gasteiger partial charge in [0.1, 0.15) is 18.0 Å². The Hall–Kier alpha value is -4.14. The Morgan fingerprint density at radius 3 is 2.73 bits per heavy atom. The van der Waals surface area contributed by atoms with Crippen LogP contribution in [0.15, 0.2) is 48.8 Å². The lowest BCUT2D eigenvalue weighted by Gasteiger charge is -2.31. The first-order valence-electron chi connectivity index (χ1n) is 14.4. The lowest BCUT2D eigenvalue weighted by molar-refractivity contribution is -0.115. The Morgan fingerprint density at radius 2 is 1.98 bits per heavy atom. The van der Waals surface area contributed by atoms with Gasteiger partial charge in [0.2, 0.25) is 5.91 Å². The number of hydrogen-bond acceptors (Lipinski definition) is 10. The molecular formula is C29H35FN7O7P. The number of methoxy groups -OCH3 is 1. The van der Waals surface area contributed by atoms with Crippen LogP contribution in [0.3, 0.4) is 0 Å². The van der Waals surface area contributed by atoms with Crippen molar-refractivity contribution in [3.8, 4) is 11.5 Å². The normalized spacial score (nSPS) is 14.4. The fraction of sp³-hybridized carbons (Fsp3) is 0.379. The third kappa shape index (κ3) is 9.42. The summed E-state index contributed by atoms with van der Waals surface area (Å²) in [5.74, 6) is 1.38. The number of anilines is 3. The van der Waals surface area contributed by atoms with E-state index in [4.69, 9.17) is 19.3 Å². The second-order valence-electron chi connectivity index (χ2n) is 10.7. The standard InChI is InChI=1S/C29H35FN7O7P/c1-42-25-15-23-24(16-26(25)43-11-3-8-37-9-6-19(7-10-37)17-44-45(39,40)41)31-18-32-29(23)34-27-13-22(35-36-27)14-28(38)33-21-5-2-4-20(30)12-21/h2,4-5,12-13,15-16,18-19H,3,6-11,14,17H2,1H3,(H,33,38)(H2,39,40,41)(H2,31,32,34,35,36). The molecule has 1 saturated heterocycles. The zero-order chi connectivity index (χ0) is 31.8. The topological polar surface area (TPSA) is 184 Å². The zero-order valence-corrected chi connectivity index (χ0v) is 25.5. The number of ether oxygens (including phenoxy) is 2. The molecule has 0 unspecified atom stereocenters. The molecule has 5 N–H and O–H groups in total. The van der Waals surface area contributed by atoms with E-state index in [1.54, 1.807) is 31.4 Å². The molecule has 0 spiro atoms. The molecule has 0 radical (unpaired) electrons. The predicted octanol–water partition coefficient (Wildman–Crippen LogP) is 4.02. The summed E-state index contributed by atoms with van der Waals surface area (Å²) in [4.78, 5) is 41.2. The van der Waals surface area contributed by atoms with Crippen molar-refractivity contribution >= 4 is 42.0 Å². The number of phosphoric acid groups is 1. The maximum Gasteiger partial charge on any atom is 0.469 e. The second-order valence-corrected chi connectivity index (χ2v) is 11.9. The zero-order valence-electron chi connectivity index (χ0n) is 24.6.